The first kappa shape index (κ1) is 25.2. The first-order valence-electron chi connectivity index (χ1n) is 8.84. The molecule has 0 aromatic carbocycles. The summed E-state index contributed by atoms with van der Waals surface area (Å²) in [6, 6.07) is 0. The van der Waals surface area contributed by atoms with Gasteiger partial charge in [-0.25, -0.2) is 0 Å². The van der Waals surface area contributed by atoms with Gasteiger partial charge in [-0.05, 0) is 0 Å². The van der Waals surface area contributed by atoms with Crippen LogP contribution < -0.4 is 0 Å². The number of hydrogen-bond donors (Lipinski definition) is 0. The number of hydrogen-bond acceptors (Lipinski definition) is 1. The Hall–Kier alpha value is 2.00. The van der Waals surface area contributed by atoms with E-state index in [0.717, 1.165) is 0 Å². The van der Waals surface area contributed by atoms with Crippen molar-refractivity contribution in [1.29, 1.82) is 0 Å². The van der Waals surface area contributed by atoms with Crippen molar-refractivity contribution in [3.05, 3.63) is 0 Å². The molecule has 0 atom stereocenters. The van der Waals surface area contributed by atoms with E-state index in [1.165, 1.54) is 69.1 Å². The zero-order valence-corrected chi connectivity index (χ0v) is 22.1. The number of unbranched alkanes of at least 4 members (excludes halogenated alkanes) is 4. The molecule has 0 aliphatic carbocycles. The molecule has 0 rings (SSSR count). The maximum absolute atomic E-state index is 6.97. The van der Waals surface area contributed by atoms with Gasteiger partial charge < -0.3 is 5.48 Å². The maximum Gasteiger partial charge on any atom is -0.412 e. The largest absolute Gasteiger partial charge is 0.412 e. The van der Waals surface area contributed by atoms with Crippen LogP contribution in [-0.4, -0.2) is 42.2 Å². The smallest absolute Gasteiger partial charge is 0.412 e. The standard InChI is InChI=1S/4C4H9.BrH.H2O.O.2Sn/c4*1-3-4-2;;;;;/h4*1,3-4H2,2H3;1H;1H2;;;/q;;;;;;;;+1/p-1. The Morgan fingerprint density at radius 3 is 1.48 bits per heavy atom. The van der Waals surface area contributed by atoms with Crippen molar-refractivity contribution in [2.45, 2.75) is 96.8 Å². The van der Waals surface area contributed by atoms with Crippen molar-refractivity contribution in [3.63, 3.8) is 0 Å². The third-order valence-corrected chi connectivity index (χ3v) is 42.2. The van der Waals surface area contributed by atoms with Gasteiger partial charge >= 0.3 is 148 Å². The summed E-state index contributed by atoms with van der Waals surface area (Å²) in [5.41, 5.74) is 0. The average molecular weight is 580 g/mol. The predicted molar refractivity (Wildman–Crippen MR) is 104 cm³/mol. The zero-order chi connectivity index (χ0) is 15.3. The van der Waals surface area contributed by atoms with Crippen LogP contribution in [0.4, 0.5) is 0 Å². The molecule has 0 aliphatic heterocycles. The summed E-state index contributed by atoms with van der Waals surface area (Å²) in [6.45, 7) is 9.26. The Balaban J connectivity index is 0. The van der Waals surface area contributed by atoms with Crippen LogP contribution in [0.3, 0.4) is 0 Å². The topological polar surface area (TPSA) is 40.7 Å². The minimum atomic E-state index is -2.36. The molecule has 2 nitrogen and oxygen atoms in total. The molecule has 5 heteroatoms. The van der Waals surface area contributed by atoms with Gasteiger partial charge in [-0.2, -0.15) is 0 Å². The fourth-order valence-electron chi connectivity index (χ4n) is 2.34. The van der Waals surface area contributed by atoms with Crippen LogP contribution >= 0.6 is 12.7 Å². The fraction of sp³-hybridized carbons (Fsp3) is 1.00. The molecular weight excluding hydrogens is 542 g/mol. The maximum atomic E-state index is 6.97. The SMILES string of the molecule is CCC[CH2][Sn]([CH2]CCC)[O][Sn]([Br])([CH2]CCC)[CH2]CCC.O. The van der Waals surface area contributed by atoms with Gasteiger partial charge in [-0.1, -0.05) is 0 Å². The Labute approximate surface area is 152 Å². The quantitative estimate of drug-likeness (QED) is 0.226. The molecule has 21 heavy (non-hydrogen) atoms. The summed E-state index contributed by atoms with van der Waals surface area (Å²) in [6.07, 6.45) is 10.9. The van der Waals surface area contributed by atoms with Gasteiger partial charge in [0.15, 0.2) is 0 Å². The third-order valence-electron chi connectivity index (χ3n) is 3.75. The van der Waals surface area contributed by atoms with E-state index >= 15 is 0 Å². The third kappa shape index (κ3) is 14.1. The first-order valence-corrected chi connectivity index (χ1v) is 25.6. The van der Waals surface area contributed by atoms with Crippen molar-refractivity contribution in [3.8, 4) is 0 Å². The van der Waals surface area contributed by atoms with Crippen molar-refractivity contribution in [2.75, 3.05) is 0 Å². The molecule has 0 aromatic rings. The van der Waals surface area contributed by atoms with Gasteiger partial charge in [-0.15, -0.1) is 0 Å². The molecule has 0 heterocycles. The van der Waals surface area contributed by atoms with Crippen LogP contribution in [-0.2, 0) is 1.41 Å². The van der Waals surface area contributed by atoms with E-state index in [0.29, 0.717) is 0 Å². The number of rotatable bonds is 14. The molecule has 0 unspecified atom stereocenters. The summed E-state index contributed by atoms with van der Waals surface area (Å²) in [7, 11) is 0. The van der Waals surface area contributed by atoms with E-state index in [2.05, 4.69) is 40.4 Å². The van der Waals surface area contributed by atoms with Gasteiger partial charge in [0.1, 0.15) is 0 Å². The molecule has 1 radical (unpaired) electrons. The Morgan fingerprint density at radius 2 is 1.14 bits per heavy atom. The Kier molecular flexibility index (Phi) is 20.2. The van der Waals surface area contributed by atoms with Gasteiger partial charge in [-0.3, -0.25) is 0 Å². The van der Waals surface area contributed by atoms with E-state index in [1.807, 2.05) is 0 Å². The van der Waals surface area contributed by atoms with E-state index in [9.17, 15) is 0 Å². The van der Waals surface area contributed by atoms with Crippen LogP contribution in [0.2, 0.25) is 17.7 Å². The summed E-state index contributed by atoms with van der Waals surface area (Å²) in [4.78, 5) is 0. The van der Waals surface area contributed by atoms with Crippen molar-refractivity contribution >= 4 is 49.4 Å². The molecule has 0 fully saturated rings. The minimum absolute atomic E-state index is 0. The van der Waals surface area contributed by atoms with E-state index in [4.69, 9.17) is 1.41 Å². The van der Waals surface area contributed by atoms with Crippen LogP contribution in [0, 0.1) is 0 Å². The normalized spacial score (nSPS) is 11.7. The molecule has 129 valence electrons. The van der Waals surface area contributed by atoms with Crippen molar-refractivity contribution < 1.29 is 6.89 Å². The van der Waals surface area contributed by atoms with Gasteiger partial charge in [0, 0.05) is 0 Å². The van der Waals surface area contributed by atoms with Gasteiger partial charge in [0.05, 0.1) is 0 Å². The van der Waals surface area contributed by atoms with E-state index in [1.54, 1.807) is 0 Å². The summed E-state index contributed by atoms with van der Waals surface area (Å²) >= 11 is 0.301. The Morgan fingerprint density at radius 1 is 0.762 bits per heavy atom. The van der Waals surface area contributed by atoms with Crippen LogP contribution in [0.1, 0.15) is 79.1 Å². The fourth-order valence-corrected chi connectivity index (χ4v) is 47.5. The van der Waals surface area contributed by atoms with E-state index in [-0.39, 0.29) is 5.48 Å². The molecule has 0 saturated heterocycles. The van der Waals surface area contributed by atoms with Crippen molar-refractivity contribution in [2.24, 2.45) is 0 Å². The second kappa shape index (κ2) is 16.8. The minimum Gasteiger partial charge on any atom is -0.412 e. The molecule has 0 saturated carbocycles. The van der Waals surface area contributed by atoms with E-state index < -0.39 is 36.7 Å². The molecular formula is C16H38BrO2Sn2. The summed E-state index contributed by atoms with van der Waals surface area (Å²) in [5.74, 6) is 0. The number of halogens is 1. The van der Waals surface area contributed by atoms with Crippen LogP contribution in [0.5, 0.6) is 0 Å². The molecule has 0 amide bonds. The summed E-state index contributed by atoms with van der Waals surface area (Å²) in [5, 5.41) is 0. The molecule has 0 bridgehead atoms. The Bertz CT molecular complexity index is 202. The molecule has 0 aromatic heterocycles. The summed E-state index contributed by atoms with van der Waals surface area (Å²) < 4.78 is 12.7. The van der Waals surface area contributed by atoms with Gasteiger partial charge in [0.2, 0.25) is 0 Å². The zero-order valence-electron chi connectivity index (χ0n) is 14.8. The van der Waals surface area contributed by atoms with Crippen LogP contribution in [0.25, 0.3) is 0 Å². The average Bonchev–Trinajstić information content (AvgIpc) is 2.46. The molecule has 2 N–H and O–H groups in total. The second-order valence-corrected chi connectivity index (χ2v) is 33.9. The second-order valence-electron chi connectivity index (χ2n) is 5.94. The monoisotopic (exact) mass is 581 g/mol. The predicted octanol–water partition coefficient (Wildman–Crippen LogP) is 6.21. The molecule has 0 spiro atoms. The van der Waals surface area contributed by atoms with Gasteiger partial charge in [0.25, 0.3) is 0 Å². The van der Waals surface area contributed by atoms with Crippen LogP contribution in [0.15, 0.2) is 0 Å². The van der Waals surface area contributed by atoms with Crippen molar-refractivity contribution in [1.82, 2.24) is 0 Å². The first-order chi connectivity index (χ1) is 9.61. The molecule has 0 aliphatic rings.